The Kier molecular flexibility index (Phi) is 4.40. The number of carbonyl (C=O) groups excluding carboxylic acids is 1. The molecule has 1 aromatic heterocycles. The van der Waals surface area contributed by atoms with Crippen LogP contribution in [0.4, 0.5) is 0 Å². The topological polar surface area (TPSA) is 65.2 Å². The average molecular weight is 275 g/mol. The summed E-state index contributed by atoms with van der Waals surface area (Å²) in [5.41, 5.74) is 1.53. The van der Waals surface area contributed by atoms with E-state index in [2.05, 4.69) is 16.1 Å². The Labute approximate surface area is 119 Å². The lowest BCUT2D eigenvalue weighted by atomic mass is 10.2. The lowest BCUT2D eigenvalue weighted by Gasteiger charge is -2.35. The Hall–Kier alpha value is -1.87. The van der Waals surface area contributed by atoms with E-state index in [1.807, 2.05) is 31.7 Å². The van der Waals surface area contributed by atoms with Gasteiger partial charge in [-0.1, -0.05) is 0 Å². The quantitative estimate of drug-likeness (QED) is 0.821. The summed E-state index contributed by atoms with van der Waals surface area (Å²) in [4.78, 5) is 16.5. The average Bonchev–Trinajstić information content (AvgIpc) is 2.87. The molecular formula is C14H21N5O. The number of aromatic nitrogens is 2. The maximum atomic E-state index is 12.5. The molecule has 0 radical (unpaired) electrons. The van der Waals surface area contributed by atoms with Crippen LogP contribution in [0.5, 0.6) is 0 Å². The third-order valence-corrected chi connectivity index (χ3v) is 3.76. The second kappa shape index (κ2) is 6.06. The number of piperazine rings is 1. The van der Waals surface area contributed by atoms with Crippen LogP contribution in [0.25, 0.3) is 0 Å². The summed E-state index contributed by atoms with van der Waals surface area (Å²) in [7, 11) is 0. The molecule has 1 fully saturated rings. The van der Waals surface area contributed by atoms with Gasteiger partial charge in [0, 0.05) is 32.7 Å². The molecule has 0 bridgehead atoms. The first-order valence-corrected chi connectivity index (χ1v) is 7.04. The molecule has 1 aromatic rings. The Morgan fingerprint density at radius 1 is 1.45 bits per heavy atom. The molecule has 1 atom stereocenters. The molecule has 0 aromatic carbocycles. The molecule has 108 valence electrons. The highest BCUT2D eigenvalue weighted by molar-refractivity contribution is 5.92. The maximum absolute atomic E-state index is 12.5. The number of nitrogens with zero attached hydrogens (tertiary/aromatic N) is 5. The summed E-state index contributed by atoms with van der Waals surface area (Å²) in [5.74, 6) is 0.0386. The highest BCUT2D eigenvalue weighted by Crippen LogP contribution is 2.12. The van der Waals surface area contributed by atoms with Gasteiger partial charge in [0.1, 0.15) is 5.69 Å². The summed E-state index contributed by atoms with van der Waals surface area (Å²) < 4.78 is 1.75. The SMILES string of the molecule is CCn1nc(C)cc1C(=O)N1CCN(C(C)C#N)CC1. The zero-order valence-corrected chi connectivity index (χ0v) is 12.3. The zero-order chi connectivity index (χ0) is 14.7. The number of nitriles is 1. The van der Waals surface area contributed by atoms with Crippen molar-refractivity contribution in [3.8, 4) is 6.07 Å². The number of carbonyl (C=O) groups is 1. The van der Waals surface area contributed by atoms with E-state index in [4.69, 9.17) is 5.26 Å². The van der Waals surface area contributed by atoms with Gasteiger partial charge in [-0.15, -0.1) is 0 Å². The van der Waals surface area contributed by atoms with Crippen molar-refractivity contribution in [1.82, 2.24) is 19.6 Å². The molecule has 0 aliphatic carbocycles. The van der Waals surface area contributed by atoms with Gasteiger partial charge in [0.15, 0.2) is 0 Å². The van der Waals surface area contributed by atoms with Gasteiger partial charge in [-0.25, -0.2) is 0 Å². The highest BCUT2D eigenvalue weighted by atomic mass is 16.2. The van der Waals surface area contributed by atoms with E-state index in [9.17, 15) is 4.79 Å². The molecule has 0 N–H and O–H groups in total. The van der Waals surface area contributed by atoms with Crippen LogP contribution in [-0.4, -0.2) is 57.7 Å². The van der Waals surface area contributed by atoms with E-state index in [0.29, 0.717) is 25.3 Å². The summed E-state index contributed by atoms with van der Waals surface area (Å²) in [6.07, 6.45) is 0. The van der Waals surface area contributed by atoms with Crippen LogP contribution in [0.2, 0.25) is 0 Å². The number of aryl methyl sites for hydroxylation is 2. The fraction of sp³-hybridized carbons (Fsp3) is 0.643. The number of rotatable bonds is 3. The van der Waals surface area contributed by atoms with Gasteiger partial charge >= 0.3 is 0 Å². The number of hydrogen-bond donors (Lipinski definition) is 0. The van der Waals surface area contributed by atoms with Crippen molar-refractivity contribution in [2.75, 3.05) is 26.2 Å². The number of amides is 1. The molecule has 0 spiro atoms. The van der Waals surface area contributed by atoms with Crippen molar-refractivity contribution in [2.24, 2.45) is 0 Å². The lowest BCUT2D eigenvalue weighted by Crippen LogP contribution is -2.51. The van der Waals surface area contributed by atoms with Crippen molar-refractivity contribution in [3.63, 3.8) is 0 Å². The van der Waals surface area contributed by atoms with Gasteiger partial charge in [0.25, 0.3) is 5.91 Å². The molecule has 0 saturated carbocycles. The van der Waals surface area contributed by atoms with Crippen molar-refractivity contribution >= 4 is 5.91 Å². The Morgan fingerprint density at radius 2 is 2.10 bits per heavy atom. The molecule has 1 amide bonds. The van der Waals surface area contributed by atoms with Gasteiger partial charge in [-0.05, 0) is 26.8 Å². The summed E-state index contributed by atoms with van der Waals surface area (Å²) in [6, 6.07) is 4.00. The van der Waals surface area contributed by atoms with Gasteiger partial charge in [0.05, 0.1) is 17.8 Å². The van der Waals surface area contributed by atoms with Crippen LogP contribution in [0, 0.1) is 18.3 Å². The monoisotopic (exact) mass is 275 g/mol. The van der Waals surface area contributed by atoms with Crippen LogP contribution in [0.3, 0.4) is 0 Å². The smallest absolute Gasteiger partial charge is 0.272 e. The third kappa shape index (κ3) is 2.83. The molecule has 1 unspecified atom stereocenters. The normalized spacial score (nSPS) is 17.8. The fourth-order valence-corrected chi connectivity index (χ4v) is 2.51. The van der Waals surface area contributed by atoms with Crippen molar-refractivity contribution in [1.29, 1.82) is 5.26 Å². The molecule has 20 heavy (non-hydrogen) atoms. The summed E-state index contributed by atoms with van der Waals surface area (Å²) in [5, 5.41) is 13.2. The first-order chi connectivity index (χ1) is 9.56. The molecule has 6 nitrogen and oxygen atoms in total. The minimum Gasteiger partial charge on any atom is -0.335 e. The molecule has 2 rings (SSSR count). The summed E-state index contributed by atoms with van der Waals surface area (Å²) in [6.45, 7) is 9.30. The van der Waals surface area contributed by atoms with E-state index < -0.39 is 0 Å². The van der Waals surface area contributed by atoms with Crippen LogP contribution in [0.15, 0.2) is 6.07 Å². The highest BCUT2D eigenvalue weighted by Gasteiger charge is 2.26. The van der Waals surface area contributed by atoms with Gasteiger partial charge in [-0.3, -0.25) is 14.4 Å². The molecule has 1 saturated heterocycles. The van der Waals surface area contributed by atoms with Crippen molar-refractivity contribution < 1.29 is 4.79 Å². The minimum atomic E-state index is -0.0873. The van der Waals surface area contributed by atoms with Gasteiger partial charge < -0.3 is 4.90 Å². The largest absolute Gasteiger partial charge is 0.335 e. The molecule has 6 heteroatoms. The van der Waals surface area contributed by atoms with Crippen molar-refractivity contribution in [2.45, 2.75) is 33.4 Å². The van der Waals surface area contributed by atoms with Crippen LogP contribution in [0.1, 0.15) is 30.0 Å². The summed E-state index contributed by atoms with van der Waals surface area (Å²) >= 11 is 0. The second-order valence-corrected chi connectivity index (χ2v) is 5.12. The molecule has 1 aliphatic rings. The first-order valence-electron chi connectivity index (χ1n) is 7.04. The minimum absolute atomic E-state index is 0.0386. The fourth-order valence-electron chi connectivity index (χ4n) is 2.51. The standard InChI is InChI=1S/C14H21N5O/c1-4-19-13(9-11(2)16-19)14(20)18-7-5-17(6-8-18)12(3)10-15/h9,12H,4-8H2,1-3H3. The predicted octanol–water partition coefficient (Wildman–Crippen LogP) is 0.881. The third-order valence-electron chi connectivity index (χ3n) is 3.76. The Balaban J connectivity index is 2.03. The molecule has 2 heterocycles. The van der Waals surface area contributed by atoms with Crippen LogP contribution in [-0.2, 0) is 6.54 Å². The number of hydrogen-bond acceptors (Lipinski definition) is 4. The van der Waals surface area contributed by atoms with E-state index in [0.717, 1.165) is 18.8 Å². The maximum Gasteiger partial charge on any atom is 0.272 e. The van der Waals surface area contributed by atoms with Crippen LogP contribution < -0.4 is 0 Å². The van der Waals surface area contributed by atoms with Crippen molar-refractivity contribution in [3.05, 3.63) is 17.5 Å². The Bertz CT molecular complexity index is 522. The van der Waals surface area contributed by atoms with Gasteiger partial charge in [0.2, 0.25) is 0 Å². The Morgan fingerprint density at radius 3 is 2.65 bits per heavy atom. The lowest BCUT2D eigenvalue weighted by molar-refractivity contribution is 0.0604. The van der Waals surface area contributed by atoms with E-state index in [1.54, 1.807) is 4.68 Å². The van der Waals surface area contributed by atoms with Gasteiger partial charge in [-0.2, -0.15) is 10.4 Å². The molecule has 1 aliphatic heterocycles. The van der Waals surface area contributed by atoms with E-state index in [-0.39, 0.29) is 11.9 Å². The second-order valence-electron chi connectivity index (χ2n) is 5.12. The first kappa shape index (κ1) is 14.5. The molecular weight excluding hydrogens is 254 g/mol. The van der Waals surface area contributed by atoms with E-state index in [1.165, 1.54) is 0 Å². The predicted molar refractivity (Wildman–Crippen MR) is 75.2 cm³/mol. The van der Waals surface area contributed by atoms with Crippen LogP contribution >= 0.6 is 0 Å². The van der Waals surface area contributed by atoms with E-state index >= 15 is 0 Å². The zero-order valence-electron chi connectivity index (χ0n) is 12.3.